The van der Waals surface area contributed by atoms with Crippen LogP contribution < -0.4 is 9.80 Å². The summed E-state index contributed by atoms with van der Waals surface area (Å²) >= 11 is 1.47. The first kappa shape index (κ1) is 19.2. The lowest BCUT2D eigenvalue weighted by Crippen LogP contribution is -2.57. The minimum atomic E-state index is -4.43. The van der Waals surface area contributed by atoms with Gasteiger partial charge < -0.3 is 9.80 Å². The van der Waals surface area contributed by atoms with Crippen LogP contribution in [0.15, 0.2) is 30.7 Å². The summed E-state index contributed by atoms with van der Waals surface area (Å²) in [6.45, 7) is 4.96. The van der Waals surface area contributed by atoms with Gasteiger partial charge in [-0.2, -0.15) is 13.2 Å². The van der Waals surface area contributed by atoms with Gasteiger partial charge in [0, 0.05) is 43.5 Å². The van der Waals surface area contributed by atoms with Gasteiger partial charge in [-0.25, -0.2) is 4.98 Å². The second kappa shape index (κ2) is 6.86. The fraction of sp³-hybridized carbons (Fsp3) is 0.421. The third-order valence-corrected chi connectivity index (χ3v) is 6.44. The van der Waals surface area contributed by atoms with Gasteiger partial charge in [0.25, 0.3) is 0 Å². The fourth-order valence-corrected chi connectivity index (χ4v) is 4.76. The van der Waals surface area contributed by atoms with Crippen LogP contribution in [0.1, 0.15) is 17.1 Å². The van der Waals surface area contributed by atoms with E-state index in [9.17, 15) is 13.2 Å². The van der Waals surface area contributed by atoms with E-state index in [4.69, 9.17) is 4.98 Å². The molecule has 0 bridgehead atoms. The Hall–Kier alpha value is -2.82. The second-order valence-electron chi connectivity index (χ2n) is 7.81. The molecule has 2 saturated heterocycles. The molecule has 2 aliphatic rings. The van der Waals surface area contributed by atoms with E-state index in [0.717, 1.165) is 41.4 Å². The van der Waals surface area contributed by atoms with Crippen LogP contribution in [-0.4, -0.2) is 51.3 Å². The lowest BCUT2D eigenvalue weighted by Gasteiger charge is -2.49. The molecule has 0 aliphatic carbocycles. The minimum Gasteiger partial charge on any atom is -0.370 e. The molecule has 0 saturated carbocycles. The molecule has 0 atom stereocenters. The molecule has 0 N–H and O–H groups in total. The predicted octanol–water partition coefficient (Wildman–Crippen LogP) is 3.43. The number of aromatic nitrogens is 5. The summed E-state index contributed by atoms with van der Waals surface area (Å²) in [6, 6.07) is 2.76. The number of aryl methyl sites for hydroxylation is 1. The van der Waals surface area contributed by atoms with Crippen molar-refractivity contribution in [3.8, 4) is 10.7 Å². The van der Waals surface area contributed by atoms with Crippen LogP contribution in [0.2, 0.25) is 0 Å². The van der Waals surface area contributed by atoms with E-state index in [1.807, 2.05) is 11.8 Å². The normalized spacial score (nSPS) is 18.1. The first-order valence-electron chi connectivity index (χ1n) is 9.47. The maximum absolute atomic E-state index is 12.9. The number of alkyl halides is 3. The lowest BCUT2D eigenvalue weighted by atomic mass is 9.79. The Morgan fingerprint density at radius 3 is 2.63 bits per heavy atom. The highest BCUT2D eigenvalue weighted by atomic mass is 32.1. The summed E-state index contributed by atoms with van der Waals surface area (Å²) < 4.78 is 38.8. The van der Waals surface area contributed by atoms with Gasteiger partial charge in [0.05, 0.1) is 12.4 Å². The van der Waals surface area contributed by atoms with E-state index in [-0.39, 0.29) is 5.41 Å². The van der Waals surface area contributed by atoms with Crippen molar-refractivity contribution in [2.24, 2.45) is 5.41 Å². The van der Waals surface area contributed by atoms with Gasteiger partial charge in [-0.3, -0.25) is 9.97 Å². The number of hydrogen-bond acceptors (Lipinski definition) is 8. The lowest BCUT2D eigenvalue weighted by molar-refractivity contribution is -0.141. The summed E-state index contributed by atoms with van der Waals surface area (Å²) in [5, 5.41) is 9.78. The molecule has 2 aliphatic heterocycles. The van der Waals surface area contributed by atoms with E-state index in [2.05, 4.69) is 25.1 Å². The van der Waals surface area contributed by atoms with Crippen LogP contribution in [0.3, 0.4) is 0 Å². The van der Waals surface area contributed by atoms with Crippen molar-refractivity contribution >= 4 is 22.8 Å². The molecule has 0 radical (unpaired) electrons. The molecule has 2 fully saturated rings. The Morgan fingerprint density at radius 1 is 1.10 bits per heavy atom. The minimum absolute atomic E-state index is 0.0542. The average molecular weight is 433 g/mol. The molecular formula is C19H18F3N7S. The van der Waals surface area contributed by atoms with Gasteiger partial charge in [0.1, 0.15) is 22.2 Å². The van der Waals surface area contributed by atoms with Crippen molar-refractivity contribution in [1.29, 1.82) is 0 Å². The van der Waals surface area contributed by atoms with E-state index >= 15 is 0 Å². The topological polar surface area (TPSA) is 70.9 Å². The van der Waals surface area contributed by atoms with Crippen molar-refractivity contribution in [3.05, 3.63) is 41.4 Å². The molecular weight excluding hydrogens is 415 g/mol. The number of rotatable bonds is 3. The first-order chi connectivity index (χ1) is 14.3. The van der Waals surface area contributed by atoms with E-state index < -0.39 is 11.9 Å². The van der Waals surface area contributed by atoms with Gasteiger partial charge in [-0.15, -0.1) is 10.2 Å². The van der Waals surface area contributed by atoms with Crippen LogP contribution in [0.4, 0.5) is 24.7 Å². The zero-order chi connectivity index (χ0) is 20.9. The molecule has 3 aromatic heterocycles. The van der Waals surface area contributed by atoms with Crippen LogP contribution in [0.5, 0.6) is 0 Å². The SMILES string of the molecule is Cc1nnc(-c2cncc(N3CCC4(CN(c5ccnc(C(F)(F)F)c5)C4)C3)n2)s1. The van der Waals surface area contributed by atoms with Crippen LogP contribution in [0, 0.1) is 12.3 Å². The van der Waals surface area contributed by atoms with Crippen molar-refractivity contribution in [3.63, 3.8) is 0 Å². The molecule has 0 aromatic carbocycles. The first-order valence-corrected chi connectivity index (χ1v) is 10.3. The number of anilines is 2. The highest BCUT2D eigenvalue weighted by Crippen LogP contribution is 2.43. The van der Waals surface area contributed by atoms with Gasteiger partial charge in [0.2, 0.25) is 0 Å². The zero-order valence-electron chi connectivity index (χ0n) is 16.1. The summed E-state index contributed by atoms with van der Waals surface area (Å²) in [5.41, 5.74) is 0.465. The maximum Gasteiger partial charge on any atom is 0.433 e. The molecule has 5 heterocycles. The molecule has 0 amide bonds. The molecule has 3 aromatic rings. The summed E-state index contributed by atoms with van der Waals surface area (Å²) in [5.74, 6) is 0.791. The standard InChI is InChI=1S/C19H18F3N7S/c1-12-26-27-17(30-12)14-7-23-8-16(25-14)28-5-3-18(9-28)10-29(11-18)13-2-4-24-15(6-13)19(20,21)22/h2,4,6-8H,3,5,9-11H2,1H3. The number of hydrogen-bond donors (Lipinski definition) is 0. The second-order valence-corrected chi connectivity index (χ2v) is 9.00. The van der Waals surface area contributed by atoms with E-state index in [1.165, 1.54) is 17.5 Å². The van der Waals surface area contributed by atoms with Crippen LogP contribution in [-0.2, 0) is 6.18 Å². The number of halogens is 3. The Labute approximate surface area is 174 Å². The summed E-state index contributed by atoms with van der Waals surface area (Å²) in [6.07, 6.45) is 1.18. The molecule has 11 heteroatoms. The monoisotopic (exact) mass is 433 g/mol. The van der Waals surface area contributed by atoms with Gasteiger partial charge in [-0.1, -0.05) is 11.3 Å². The molecule has 0 unspecified atom stereocenters. The Bertz CT molecular complexity index is 1080. The third-order valence-electron chi connectivity index (χ3n) is 5.58. The fourth-order valence-electron chi connectivity index (χ4n) is 4.12. The van der Waals surface area contributed by atoms with Crippen LogP contribution >= 0.6 is 11.3 Å². The van der Waals surface area contributed by atoms with Gasteiger partial charge >= 0.3 is 6.18 Å². The maximum atomic E-state index is 12.9. The van der Waals surface area contributed by atoms with Crippen molar-refractivity contribution in [2.75, 3.05) is 36.0 Å². The number of pyridine rings is 1. The largest absolute Gasteiger partial charge is 0.433 e. The van der Waals surface area contributed by atoms with Gasteiger partial charge in [0.15, 0.2) is 5.01 Å². The van der Waals surface area contributed by atoms with E-state index in [0.29, 0.717) is 24.5 Å². The molecule has 7 nitrogen and oxygen atoms in total. The molecule has 156 valence electrons. The predicted molar refractivity (Wildman–Crippen MR) is 106 cm³/mol. The Kier molecular flexibility index (Phi) is 4.38. The molecule has 30 heavy (non-hydrogen) atoms. The zero-order valence-corrected chi connectivity index (χ0v) is 16.9. The van der Waals surface area contributed by atoms with Crippen molar-refractivity contribution in [1.82, 2.24) is 25.1 Å². The Morgan fingerprint density at radius 2 is 1.90 bits per heavy atom. The highest BCUT2D eigenvalue weighted by molar-refractivity contribution is 7.14. The third kappa shape index (κ3) is 3.47. The van der Waals surface area contributed by atoms with E-state index in [1.54, 1.807) is 18.5 Å². The van der Waals surface area contributed by atoms with Crippen molar-refractivity contribution in [2.45, 2.75) is 19.5 Å². The molecule has 5 rings (SSSR count). The smallest absolute Gasteiger partial charge is 0.370 e. The summed E-state index contributed by atoms with van der Waals surface area (Å²) in [7, 11) is 0. The Balaban J connectivity index is 1.28. The quantitative estimate of drug-likeness (QED) is 0.627. The van der Waals surface area contributed by atoms with Crippen molar-refractivity contribution < 1.29 is 13.2 Å². The average Bonchev–Trinajstić information content (AvgIpc) is 3.33. The number of nitrogens with zero attached hydrogens (tertiary/aromatic N) is 7. The summed E-state index contributed by atoms with van der Waals surface area (Å²) in [4.78, 5) is 16.6. The van der Waals surface area contributed by atoms with Crippen LogP contribution in [0.25, 0.3) is 10.7 Å². The molecule has 1 spiro atoms. The van der Waals surface area contributed by atoms with Gasteiger partial charge in [-0.05, 0) is 25.5 Å². The highest BCUT2D eigenvalue weighted by Gasteiger charge is 2.48.